The Bertz CT molecular complexity index is 997. The van der Waals surface area contributed by atoms with E-state index in [0.717, 1.165) is 10.3 Å². The van der Waals surface area contributed by atoms with Gasteiger partial charge in [0.2, 0.25) is 0 Å². The summed E-state index contributed by atoms with van der Waals surface area (Å²) in [7, 11) is 0. The molecular formula is C19H15BrN4O2. The summed E-state index contributed by atoms with van der Waals surface area (Å²) < 4.78 is 8.62. The molecule has 0 fully saturated rings. The van der Waals surface area contributed by atoms with E-state index in [1.54, 1.807) is 30.5 Å². The van der Waals surface area contributed by atoms with Crippen LogP contribution in [0.1, 0.15) is 10.4 Å². The van der Waals surface area contributed by atoms with Gasteiger partial charge < -0.3 is 14.6 Å². The number of allylic oxidation sites excluding steroid dienone is 1. The van der Waals surface area contributed by atoms with Crippen LogP contribution >= 0.6 is 15.9 Å². The number of hydrogen-bond donors (Lipinski definition) is 1. The zero-order valence-corrected chi connectivity index (χ0v) is 15.3. The molecule has 6 nitrogen and oxygen atoms in total. The predicted molar refractivity (Wildman–Crippen MR) is 102 cm³/mol. The summed E-state index contributed by atoms with van der Waals surface area (Å²) in [4.78, 5) is 21.6. The van der Waals surface area contributed by atoms with Crippen LogP contribution in [-0.2, 0) is 6.54 Å². The Kier molecular flexibility index (Phi) is 4.53. The predicted octanol–water partition coefficient (Wildman–Crippen LogP) is 3.91. The Balaban J connectivity index is 1.78. The van der Waals surface area contributed by atoms with Crippen molar-refractivity contribution in [2.75, 3.05) is 11.9 Å². The van der Waals surface area contributed by atoms with Gasteiger partial charge in [-0.3, -0.25) is 4.79 Å². The van der Waals surface area contributed by atoms with E-state index in [2.05, 4.69) is 31.2 Å². The lowest BCUT2D eigenvalue weighted by Gasteiger charge is -2.12. The molecular weight excluding hydrogens is 396 g/mol. The molecule has 1 N–H and O–H groups in total. The van der Waals surface area contributed by atoms with Crippen molar-refractivity contribution < 1.29 is 9.53 Å². The van der Waals surface area contributed by atoms with E-state index >= 15 is 0 Å². The molecule has 0 saturated heterocycles. The molecule has 7 heteroatoms. The van der Waals surface area contributed by atoms with Gasteiger partial charge in [-0.2, -0.15) is 0 Å². The number of aromatic nitrogens is 3. The SMILES string of the molecule is O=C1Nc2cccc(n2)-c2nccn2C/C=C/COc2cc(Br)ccc21. The van der Waals surface area contributed by atoms with Crippen molar-refractivity contribution >= 4 is 27.7 Å². The molecule has 1 aromatic carbocycles. The van der Waals surface area contributed by atoms with Gasteiger partial charge in [0.1, 0.15) is 23.9 Å². The second kappa shape index (κ2) is 7.13. The monoisotopic (exact) mass is 410 g/mol. The number of nitrogens with one attached hydrogen (secondary N) is 1. The van der Waals surface area contributed by atoms with E-state index in [4.69, 9.17) is 4.74 Å². The second-order valence-electron chi connectivity index (χ2n) is 5.69. The highest BCUT2D eigenvalue weighted by Crippen LogP contribution is 2.25. The van der Waals surface area contributed by atoms with Crippen molar-refractivity contribution in [1.82, 2.24) is 14.5 Å². The molecule has 4 rings (SSSR count). The molecule has 0 atom stereocenters. The summed E-state index contributed by atoms with van der Waals surface area (Å²) in [6.45, 7) is 1.02. The minimum atomic E-state index is -0.276. The average molecular weight is 411 g/mol. The number of amides is 1. The molecule has 0 aliphatic carbocycles. The maximum atomic E-state index is 12.7. The first-order chi connectivity index (χ1) is 12.7. The van der Waals surface area contributed by atoms with Gasteiger partial charge in [0.15, 0.2) is 5.82 Å². The van der Waals surface area contributed by atoms with Crippen molar-refractivity contribution in [2.45, 2.75) is 6.54 Å². The lowest BCUT2D eigenvalue weighted by molar-refractivity contribution is 0.102. The summed E-state index contributed by atoms with van der Waals surface area (Å²) >= 11 is 3.41. The third kappa shape index (κ3) is 3.39. The van der Waals surface area contributed by atoms with E-state index in [-0.39, 0.29) is 5.91 Å². The van der Waals surface area contributed by atoms with Crippen LogP contribution in [-0.4, -0.2) is 27.0 Å². The van der Waals surface area contributed by atoms with Gasteiger partial charge in [0, 0.05) is 23.4 Å². The van der Waals surface area contributed by atoms with Crippen LogP contribution in [0.15, 0.2) is 65.4 Å². The van der Waals surface area contributed by atoms with Crippen LogP contribution < -0.4 is 10.1 Å². The van der Waals surface area contributed by atoms with Gasteiger partial charge in [0.25, 0.3) is 5.91 Å². The Morgan fingerprint density at radius 2 is 2.12 bits per heavy atom. The third-order valence-corrected chi connectivity index (χ3v) is 4.42. The molecule has 0 saturated carbocycles. The summed E-state index contributed by atoms with van der Waals surface area (Å²) in [6, 6.07) is 10.8. The lowest BCUT2D eigenvalue weighted by Crippen LogP contribution is -2.15. The van der Waals surface area contributed by atoms with Gasteiger partial charge >= 0.3 is 0 Å². The van der Waals surface area contributed by atoms with Crippen LogP contribution in [0, 0.1) is 0 Å². The quantitative estimate of drug-likeness (QED) is 0.570. The first-order valence-corrected chi connectivity index (χ1v) is 8.87. The van der Waals surface area contributed by atoms with E-state index in [1.165, 1.54) is 0 Å². The van der Waals surface area contributed by atoms with Crippen molar-refractivity contribution in [3.8, 4) is 17.3 Å². The number of carbonyl (C=O) groups is 1. The van der Waals surface area contributed by atoms with Crippen molar-refractivity contribution in [2.24, 2.45) is 0 Å². The highest BCUT2D eigenvalue weighted by atomic mass is 79.9. The smallest absolute Gasteiger partial charge is 0.260 e. The Hall–Kier alpha value is -2.93. The second-order valence-corrected chi connectivity index (χ2v) is 6.60. The first kappa shape index (κ1) is 16.5. The maximum Gasteiger partial charge on any atom is 0.260 e. The third-order valence-electron chi connectivity index (χ3n) is 3.93. The zero-order valence-electron chi connectivity index (χ0n) is 13.7. The number of anilines is 1. The van der Waals surface area contributed by atoms with Gasteiger partial charge in [-0.25, -0.2) is 9.97 Å². The zero-order chi connectivity index (χ0) is 17.9. The fourth-order valence-corrected chi connectivity index (χ4v) is 3.04. The standard InChI is InChI=1S/C19H15BrN4O2/c20-13-6-7-14-16(12-13)26-11-2-1-9-24-10-8-21-18(24)15-4-3-5-17(22-15)23-19(14)25/h1-8,10,12H,9,11H2,(H,22,23,25)/b2-1+. The maximum absolute atomic E-state index is 12.7. The molecule has 1 amide bonds. The number of hydrogen-bond acceptors (Lipinski definition) is 4. The Labute approximate surface area is 158 Å². The summed E-state index contributed by atoms with van der Waals surface area (Å²) in [6.07, 6.45) is 7.55. The lowest BCUT2D eigenvalue weighted by atomic mass is 10.2. The van der Waals surface area contributed by atoms with Crippen molar-refractivity contribution in [1.29, 1.82) is 0 Å². The fraction of sp³-hybridized carbons (Fsp3) is 0.105. The van der Waals surface area contributed by atoms with Crippen LogP contribution in [0.2, 0.25) is 0 Å². The van der Waals surface area contributed by atoms with Crippen molar-refractivity contribution in [3.05, 3.63) is 71.0 Å². The molecule has 26 heavy (non-hydrogen) atoms. The Morgan fingerprint density at radius 1 is 1.19 bits per heavy atom. The number of rotatable bonds is 0. The molecule has 1 aliphatic rings. The normalized spacial score (nSPS) is 15.0. The number of benzene rings is 1. The minimum Gasteiger partial charge on any atom is -0.489 e. The molecule has 3 heterocycles. The highest BCUT2D eigenvalue weighted by Gasteiger charge is 2.15. The van der Waals surface area contributed by atoms with E-state index in [9.17, 15) is 4.79 Å². The van der Waals surface area contributed by atoms with Crippen LogP contribution in [0.3, 0.4) is 0 Å². The number of carbonyl (C=O) groups excluding carboxylic acids is 1. The average Bonchev–Trinajstić information content (AvgIpc) is 3.09. The molecule has 2 aromatic heterocycles. The van der Waals surface area contributed by atoms with Crippen LogP contribution in [0.4, 0.5) is 5.82 Å². The Morgan fingerprint density at radius 3 is 3.04 bits per heavy atom. The number of pyridine rings is 1. The topological polar surface area (TPSA) is 69.0 Å². The largest absolute Gasteiger partial charge is 0.489 e. The number of ether oxygens (including phenoxy) is 1. The molecule has 0 spiro atoms. The molecule has 0 unspecified atom stereocenters. The van der Waals surface area contributed by atoms with Gasteiger partial charge in [0.05, 0.1) is 5.56 Å². The number of imidazole rings is 1. The molecule has 3 aromatic rings. The molecule has 0 radical (unpaired) electrons. The summed E-state index contributed by atoms with van der Waals surface area (Å²) in [5.41, 5.74) is 1.15. The van der Waals surface area contributed by atoms with Crippen LogP contribution in [0.25, 0.3) is 11.5 Å². The van der Waals surface area contributed by atoms with E-state index < -0.39 is 0 Å². The summed E-state index contributed by atoms with van der Waals surface area (Å²) in [5.74, 6) is 1.44. The van der Waals surface area contributed by atoms with E-state index in [0.29, 0.717) is 36.0 Å². The first-order valence-electron chi connectivity index (χ1n) is 8.08. The van der Waals surface area contributed by atoms with Gasteiger partial charge in [-0.15, -0.1) is 0 Å². The number of halogens is 1. The van der Waals surface area contributed by atoms with Crippen LogP contribution in [0.5, 0.6) is 5.75 Å². The minimum absolute atomic E-state index is 0.276. The van der Waals surface area contributed by atoms with Crippen molar-refractivity contribution in [3.63, 3.8) is 0 Å². The molecule has 130 valence electrons. The van der Waals surface area contributed by atoms with Gasteiger partial charge in [-0.05, 0) is 36.4 Å². The number of fused-ring (bicyclic) bond motifs is 5. The highest BCUT2D eigenvalue weighted by molar-refractivity contribution is 9.10. The number of nitrogens with zero attached hydrogens (tertiary/aromatic N) is 3. The van der Waals surface area contributed by atoms with Gasteiger partial charge in [-0.1, -0.05) is 28.1 Å². The fourth-order valence-electron chi connectivity index (χ4n) is 2.70. The molecule has 1 aliphatic heterocycles. The van der Waals surface area contributed by atoms with E-state index in [1.807, 2.05) is 35.0 Å². The summed E-state index contributed by atoms with van der Waals surface area (Å²) in [5, 5.41) is 2.83. The molecule has 2 bridgehead atoms.